The van der Waals surface area contributed by atoms with Crippen LogP contribution in [0.15, 0.2) is 29.4 Å². The van der Waals surface area contributed by atoms with Gasteiger partial charge in [0.1, 0.15) is 5.52 Å². The summed E-state index contributed by atoms with van der Waals surface area (Å²) in [4.78, 5) is 20.2. The molecule has 2 aliphatic rings. The molecule has 1 amide bonds. The monoisotopic (exact) mass is 381 g/mol. The van der Waals surface area contributed by atoms with Gasteiger partial charge in [0.2, 0.25) is 11.1 Å². The fourth-order valence-electron chi connectivity index (χ4n) is 5.01. The van der Waals surface area contributed by atoms with E-state index in [1.54, 1.807) is 0 Å². The largest absolute Gasteiger partial charge is 0.353 e. The van der Waals surface area contributed by atoms with Gasteiger partial charge in [-0.15, -0.1) is 10.2 Å². The lowest BCUT2D eigenvalue weighted by molar-refractivity contribution is -0.119. The third-order valence-corrected chi connectivity index (χ3v) is 7.10. The van der Waals surface area contributed by atoms with Crippen molar-refractivity contribution in [2.45, 2.75) is 43.8 Å². The number of rotatable bonds is 5. The summed E-state index contributed by atoms with van der Waals surface area (Å²) >= 11 is 1.34. The van der Waals surface area contributed by atoms with Crippen molar-refractivity contribution in [3.63, 3.8) is 0 Å². The molecule has 2 aromatic heterocycles. The summed E-state index contributed by atoms with van der Waals surface area (Å²) in [5.41, 5.74) is 2.47. The summed E-state index contributed by atoms with van der Waals surface area (Å²) in [5.74, 6) is 2.73. The first-order chi connectivity index (χ1) is 13.2. The van der Waals surface area contributed by atoms with Crippen LogP contribution in [0.2, 0.25) is 0 Å². The van der Waals surface area contributed by atoms with E-state index in [4.69, 9.17) is 0 Å². The highest BCUT2D eigenvalue weighted by Gasteiger charge is 2.42. The third kappa shape index (κ3) is 3.18. The minimum Gasteiger partial charge on any atom is -0.353 e. The number of aromatic nitrogens is 4. The number of nitrogens with one attached hydrogen (secondary N) is 2. The molecule has 0 unspecified atom stereocenters. The van der Waals surface area contributed by atoms with Gasteiger partial charge in [0.05, 0.1) is 5.75 Å². The normalized spacial score (nSPS) is 25.3. The van der Waals surface area contributed by atoms with Crippen LogP contribution < -0.4 is 5.32 Å². The number of hydrogen-bond donors (Lipinski definition) is 2. The molecule has 5 rings (SSSR count). The first-order valence-corrected chi connectivity index (χ1v) is 10.7. The smallest absolute Gasteiger partial charge is 0.230 e. The number of aromatic amines is 1. The number of amides is 1. The summed E-state index contributed by atoms with van der Waals surface area (Å²) in [7, 11) is 0. The number of thioether (sulfide) groups is 1. The Morgan fingerprint density at radius 3 is 3.00 bits per heavy atom. The highest BCUT2D eigenvalue weighted by atomic mass is 32.2. The first kappa shape index (κ1) is 17.0. The van der Waals surface area contributed by atoms with Crippen molar-refractivity contribution in [3.8, 4) is 0 Å². The van der Waals surface area contributed by atoms with Crippen LogP contribution in [0.3, 0.4) is 0 Å². The van der Waals surface area contributed by atoms with Crippen molar-refractivity contribution in [1.82, 2.24) is 25.5 Å². The van der Waals surface area contributed by atoms with Crippen LogP contribution >= 0.6 is 11.8 Å². The van der Waals surface area contributed by atoms with Gasteiger partial charge < -0.3 is 10.3 Å². The van der Waals surface area contributed by atoms with E-state index in [0.717, 1.165) is 28.3 Å². The Kier molecular flexibility index (Phi) is 4.27. The van der Waals surface area contributed by atoms with E-state index in [0.29, 0.717) is 22.5 Å². The van der Waals surface area contributed by atoms with Gasteiger partial charge in [0, 0.05) is 16.9 Å². The maximum Gasteiger partial charge on any atom is 0.230 e. The Balaban J connectivity index is 1.21. The Bertz CT molecular complexity index is 1000. The van der Waals surface area contributed by atoms with E-state index in [2.05, 4.69) is 32.4 Å². The molecule has 0 aliphatic heterocycles. The van der Waals surface area contributed by atoms with E-state index >= 15 is 0 Å². The van der Waals surface area contributed by atoms with E-state index in [1.165, 1.54) is 37.4 Å². The molecule has 4 atom stereocenters. The molecule has 2 saturated carbocycles. The number of para-hydroxylation sites is 1. The number of carbonyl (C=O) groups excluding carboxylic acids is 1. The van der Waals surface area contributed by atoms with Gasteiger partial charge in [0.15, 0.2) is 5.65 Å². The molecule has 2 heterocycles. The highest BCUT2D eigenvalue weighted by Crippen LogP contribution is 2.49. The van der Waals surface area contributed by atoms with Crippen LogP contribution in [-0.4, -0.2) is 37.9 Å². The minimum absolute atomic E-state index is 0.0515. The molecule has 0 spiro atoms. The molecule has 7 heteroatoms. The molecule has 2 fully saturated rings. The number of carbonyl (C=O) groups is 1. The van der Waals surface area contributed by atoms with Crippen LogP contribution in [0.5, 0.6) is 0 Å². The lowest BCUT2D eigenvalue weighted by atomic mass is 9.84. The minimum atomic E-state index is 0.0515. The third-order valence-electron chi connectivity index (χ3n) is 6.26. The second-order valence-corrected chi connectivity index (χ2v) is 8.89. The lowest BCUT2D eigenvalue weighted by Crippen LogP contribution is -2.40. The molecule has 1 aromatic carbocycles. The average molecular weight is 382 g/mol. The standard InChI is InChI=1S/C20H23N5OS/c1-11(15-9-12-6-7-13(15)8-12)21-17(26)10-27-20-23-19-18(24-25-20)14-4-2-3-5-16(14)22-19/h2-5,11-13,15H,6-10H2,1H3,(H,21,26)(H,22,23,25)/t11-,12+,13+,15-/m1/s1. The molecule has 0 radical (unpaired) electrons. The van der Waals surface area contributed by atoms with Crippen LogP contribution in [0.25, 0.3) is 22.1 Å². The van der Waals surface area contributed by atoms with Gasteiger partial charge in [-0.25, -0.2) is 4.98 Å². The van der Waals surface area contributed by atoms with E-state index in [-0.39, 0.29) is 11.9 Å². The van der Waals surface area contributed by atoms with Crippen LogP contribution in [0.4, 0.5) is 0 Å². The fourth-order valence-corrected chi connectivity index (χ4v) is 5.60. The zero-order valence-corrected chi connectivity index (χ0v) is 16.1. The van der Waals surface area contributed by atoms with Gasteiger partial charge in [-0.05, 0) is 50.0 Å². The maximum absolute atomic E-state index is 12.4. The Morgan fingerprint density at radius 2 is 2.19 bits per heavy atom. The SMILES string of the molecule is C[C@@H](NC(=O)CSc1nnc2c(n1)[nH]c1ccccc12)[C@H]1C[C@H]2CC[C@H]1C2. The Hall–Kier alpha value is -2.15. The predicted molar refractivity (Wildman–Crippen MR) is 106 cm³/mol. The van der Waals surface area contributed by atoms with Gasteiger partial charge >= 0.3 is 0 Å². The molecule has 6 nitrogen and oxygen atoms in total. The first-order valence-electron chi connectivity index (χ1n) is 9.70. The van der Waals surface area contributed by atoms with Gasteiger partial charge in [-0.1, -0.05) is 36.4 Å². The predicted octanol–water partition coefficient (Wildman–Crippen LogP) is 3.54. The number of nitrogens with zero attached hydrogens (tertiary/aromatic N) is 3. The maximum atomic E-state index is 12.4. The molecule has 27 heavy (non-hydrogen) atoms. The molecular weight excluding hydrogens is 358 g/mol. The van der Waals surface area contributed by atoms with Gasteiger partial charge in [-0.2, -0.15) is 0 Å². The molecule has 0 saturated heterocycles. The summed E-state index contributed by atoms with van der Waals surface area (Å²) in [6.07, 6.45) is 5.37. The Labute approximate surface area is 161 Å². The second kappa shape index (κ2) is 6.78. The quantitative estimate of drug-likeness (QED) is 0.661. The fraction of sp³-hybridized carbons (Fsp3) is 0.500. The average Bonchev–Trinajstić information content (AvgIpc) is 3.39. The summed E-state index contributed by atoms with van der Waals surface area (Å²) in [6, 6.07) is 8.20. The zero-order chi connectivity index (χ0) is 18.4. The summed E-state index contributed by atoms with van der Waals surface area (Å²) in [6.45, 7) is 2.16. The zero-order valence-electron chi connectivity index (χ0n) is 15.3. The molecule has 2 aliphatic carbocycles. The second-order valence-electron chi connectivity index (χ2n) is 7.95. The molecule has 2 N–H and O–H groups in total. The van der Waals surface area contributed by atoms with Crippen LogP contribution in [-0.2, 0) is 4.79 Å². The topological polar surface area (TPSA) is 83.6 Å². The van der Waals surface area contributed by atoms with Crippen LogP contribution in [0.1, 0.15) is 32.6 Å². The van der Waals surface area contributed by atoms with Crippen molar-refractivity contribution in [2.75, 3.05) is 5.75 Å². The van der Waals surface area contributed by atoms with E-state index < -0.39 is 0 Å². The Morgan fingerprint density at radius 1 is 1.30 bits per heavy atom. The van der Waals surface area contributed by atoms with Crippen molar-refractivity contribution >= 4 is 39.7 Å². The van der Waals surface area contributed by atoms with E-state index in [9.17, 15) is 4.79 Å². The van der Waals surface area contributed by atoms with Crippen molar-refractivity contribution in [3.05, 3.63) is 24.3 Å². The van der Waals surface area contributed by atoms with Crippen molar-refractivity contribution in [2.24, 2.45) is 17.8 Å². The molecule has 3 aromatic rings. The highest BCUT2D eigenvalue weighted by molar-refractivity contribution is 7.99. The van der Waals surface area contributed by atoms with Gasteiger partial charge in [0.25, 0.3) is 0 Å². The lowest BCUT2D eigenvalue weighted by Gasteiger charge is -2.28. The van der Waals surface area contributed by atoms with Crippen molar-refractivity contribution in [1.29, 1.82) is 0 Å². The summed E-state index contributed by atoms with van der Waals surface area (Å²) in [5, 5.41) is 13.2. The molecule has 2 bridgehead atoms. The van der Waals surface area contributed by atoms with E-state index in [1.807, 2.05) is 24.3 Å². The summed E-state index contributed by atoms with van der Waals surface area (Å²) < 4.78 is 0. The van der Waals surface area contributed by atoms with Gasteiger partial charge in [-0.3, -0.25) is 4.79 Å². The van der Waals surface area contributed by atoms with Crippen LogP contribution in [0, 0.1) is 17.8 Å². The number of fused-ring (bicyclic) bond motifs is 5. The van der Waals surface area contributed by atoms with Crippen molar-refractivity contribution < 1.29 is 4.79 Å². The number of benzene rings is 1. The molecular formula is C20H23N5OS. The molecule has 140 valence electrons. The number of H-pyrrole nitrogens is 1. The number of hydrogen-bond acceptors (Lipinski definition) is 5.